The normalized spacial score (nSPS) is 12.9. The number of rotatable bonds is 3. The van der Waals surface area contributed by atoms with E-state index in [1.165, 1.54) is 0 Å². The van der Waals surface area contributed by atoms with E-state index in [4.69, 9.17) is 11.6 Å². The monoisotopic (exact) mass is 236 g/mol. The van der Waals surface area contributed by atoms with Crippen molar-refractivity contribution in [2.45, 2.75) is 26.3 Å². The number of fused-ring (bicyclic) bond motifs is 1. The van der Waals surface area contributed by atoms with Crippen LogP contribution in [0, 0.1) is 0 Å². The van der Waals surface area contributed by atoms with E-state index in [-0.39, 0.29) is 6.04 Å². The Morgan fingerprint density at radius 1 is 1.56 bits per heavy atom. The molecule has 2 aromatic rings. The molecule has 0 aliphatic carbocycles. The maximum atomic E-state index is 11.0. The molecule has 0 aliphatic rings. The zero-order chi connectivity index (χ0) is 11.7. The van der Waals surface area contributed by atoms with E-state index in [1.807, 2.05) is 16.7 Å². The Balaban J connectivity index is 2.75. The fourth-order valence-electron chi connectivity index (χ4n) is 1.81. The summed E-state index contributed by atoms with van der Waals surface area (Å²) in [5.74, 6) is 0.464. The van der Waals surface area contributed by atoms with E-state index in [0.717, 1.165) is 23.7 Å². The van der Waals surface area contributed by atoms with Crippen molar-refractivity contribution in [1.82, 2.24) is 9.55 Å². The lowest BCUT2D eigenvalue weighted by Crippen LogP contribution is -2.07. The second kappa shape index (κ2) is 4.26. The van der Waals surface area contributed by atoms with Gasteiger partial charge in [0.25, 0.3) is 0 Å². The topological polar surface area (TPSA) is 34.9 Å². The first-order valence-corrected chi connectivity index (χ1v) is 5.67. The van der Waals surface area contributed by atoms with Gasteiger partial charge in [-0.05, 0) is 31.5 Å². The number of aromatic nitrogens is 2. The van der Waals surface area contributed by atoms with Gasteiger partial charge in [-0.3, -0.25) is 4.79 Å². The summed E-state index contributed by atoms with van der Waals surface area (Å²) in [7, 11) is 0. The average molecular weight is 237 g/mol. The maximum absolute atomic E-state index is 11.0. The van der Waals surface area contributed by atoms with Crippen LogP contribution in [-0.2, 0) is 0 Å². The average Bonchev–Trinajstić information content (AvgIpc) is 2.65. The minimum atomic E-state index is 0.240. The first-order valence-electron chi connectivity index (χ1n) is 5.30. The molecule has 1 aromatic heterocycles. The van der Waals surface area contributed by atoms with E-state index >= 15 is 0 Å². The Hall–Kier alpha value is -1.35. The SMILES string of the molecule is CCC(C)n1c(C=O)nc2ccc(Cl)cc21. The van der Waals surface area contributed by atoms with Crippen molar-refractivity contribution < 1.29 is 4.79 Å². The van der Waals surface area contributed by atoms with Crippen LogP contribution < -0.4 is 0 Å². The number of imidazole rings is 1. The van der Waals surface area contributed by atoms with Gasteiger partial charge in [0.2, 0.25) is 0 Å². The zero-order valence-corrected chi connectivity index (χ0v) is 10.0. The van der Waals surface area contributed by atoms with Gasteiger partial charge in [-0.25, -0.2) is 4.98 Å². The van der Waals surface area contributed by atoms with Crippen LogP contribution in [0.4, 0.5) is 0 Å². The number of hydrogen-bond acceptors (Lipinski definition) is 2. The molecular formula is C12H13ClN2O. The van der Waals surface area contributed by atoms with E-state index in [2.05, 4.69) is 18.8 Å². The van der Waals surface area contributed by atoms with Crippen LogP contribution in [0.5, 0.6) is 0 Å². The Morgan fingerprint density at radius 2 is 2.31 bits per heavy atom. The van der Waals surface area contributed by atoms with Crippen LogP contribution in [0.25, 0.3) is 11.0 Å². The summed E-state index contributed by atoms with van der Waals surface area (Å²) >= 11 is 5.96. The lowest BCUT2D eigenvalue weighted by atomic mass is 10.2. The van der Waals surface area contributed by atoms with Gasteiger partial charge < -0.3 is 4.57 Å². The van der Waals surface area contributed by atoms with Gasteiger partial charge >= 0.3 is 0 Å². The van der Waals surface area contributed by atoms with E-state index in [9.17, 15) is 4.79 Å². The summed E-state index contributed by atoms with van der Waals surface area (Å²) in [6.07, 6.45) is 1.73. The first kappa shape index (κ1) is 11.1. The minimum Gasteiger partial charge on any atom is -0.319 e. The second-order valence-electron chi connectivity index (χ2n) is 3.85. The fourth-order valence-corrected chi connectivity index (χ4v) is 1.98. The molecule has 0 saturated carbocycles. The van der Waals surface area contributed by atoms with Crippen LogP contribution in [-0.4, -0.2) is 15.8 Å². The number of benzene rings is 1. The molecule has 84 valence electrons. The van der Waals surface area contributed by atoms with Gasteiger partial charge in [0, 0.05) is 11.1 Å². The van der Waals surface area contributed by atoms with Crippen LogP contribution in [0.3, 0.4) is 0 Å². The van der Waals surface area contributed by atoms with Crippen molar-refractivity contribution in [3.8, 4) is 0 Å². The lowest BCUT2D eigenvalue weighted by molar-refractivity contribution is 0.111. The van der Waals surface area contributed by atoms with Gasteiger partial charge in [-0.1, -0.05) is 18.5 Å². The molecule has 1 unspecified atom stereocenters. The van der Waals surface area contributed by atoms with Crippen LogP contribution in [0.1, 0.15) is 36.9 Å². The molecule has 0 bridgehead atoms. The van der Waals surface area contributed by atoms with Crippen molar-refractivity contribution in [1.29, 1.82) is 0 Å². The molecule has 1 heterocycles. The minimum absolute atomic E-state index is 0.240. The first-order chi connectivity index (χ1) is 7.67. The van der Waals surface area contributed by atoms with Gasteiger partial charge in [0.05, 0.1) is 11.0 Å². The molecule has 0 amide bonds. The Labute approximate surface area is 99.0 Å². The molecule has 16 heavy (non-hydrogen) atoms. The lowest BCUT2D eigenvalue weighted by Gasteiger charge is -2.13. The predicted octanol–water partition coefficient (Wildman–Crippen LogP) is 3.47. The van der Waals surface area contributed by atoms with Gasteiger partial charge in [0.15, 0.2) is 12.1 Å². The highest BCUT2D eigenvalue weighted by Gasteiger charge is 2.14. The summed E-state index contributed by atoms with van der Waals surface area (Å²) in [4.78, 5) is 15.3. The summed E-state index contributed by atoms with van der Waals surface area (Å²) in [5.41, 5.74) is 1.73. The summed E-state index contributed by atoms with van der Waals surface area (Å²) in [5, 5.41) is 0.661. The highest BCUT2D eigenvalue weighted by molar-refractivity contribution is 6.31. The second-order valence-corrected chi connectivity index (χ2v) is 4.28. The van der Waals surface area contributed by atoms with E-state index < -0.39 is 0 Å². The number of carbonyl (C=O) groups excluding carboxylic acids is 1. The molecule has 0 N–H and O–H groups in total. The molecular weight excluding hydrogens is 224 g/mol. The molecule has 3 nitrogen and oxygen atoms in total. The van der Waals surface area contributed by atoms with Gasteiger partial charge in [-0.15, -0.1) is 0 Å². The number of carbonyl (C=O) groups is 1. The number of nitrogens with zero attached hydrogens (tertiary/aromatic N) is 2. The Bertz CT molecular complexity index is 533. The third-order valence-electron chi connectivity index (χ3n) is 2.82. The molecule has 0 radical (unpaired) electrons. The summed E-state index contributed by atoms with van der Waals surface area (Å²) in [6.45, 7) is 4.14. The highest BCUT2D eigenvalue weighted by Crippen LogP contribution is 2.24. The van der Waals surface area contributed by atoms with Gasteiger partial charge in [0.1, 0.15) is 0 Å². The van der Waals surface area contributed by atoms with Crippen molar-refractivity contribution in [2.75, 3.05) is 0 Å². The molecule has 0 aliphatic heterocycles. The van der Waals surface area contributed by atoms with Crippen LogP contribution in [0.15, 0.2) is 18.2 Å². The maximum Gasteiger partial charge on any atom is 0.185 e. The highest BCUT2D eigenvalue weighted by atomic mass is 35.5. The summed E-state index contributed by atoms with van der Waals surface area (Å²) < 4.78 is 1.94. The predicted molar refractivity (Wildman–Crippen MR) is 65.1 cm³/mol. The van der Waals surface area contributed by atoms with Crippen molar-refractivity contribution in [2.24, 2.45) is 0 Å². The molecule has 0 spiro atoms. The van der Waals surface area contributed by atoms with Gasteiger partial charge in [-0.2, -0.15) is 0 Å². The van der Waals surface area contributed by atoms with E-state index in [1.54, 1.807) is 6.07 Å². The van der Waals surface area contributed by atoms with Crippen molar-refractivity contribution >= 4 is 28.9 Å². The summed E-state index contributed by atoms with van der Waals surface area (Å²) in [6, 6.07) is 5.71. The number of aldehydes is 1. The standard InChI is InChI=1S/C12H13ClN2O/c1-3-8(2)15-11-6-9(13)4-5-10(11)14-12(15)7-16/h4-8H,3H2,1-2H3. The smallest absolute Gasteiger partial charge is 0.185 e. The van der Waals surface area contributed by atoms with Crippen LogP contribution >= 0.6 is 11.6 Å². The quantitative estimate of drug-likeness (QED) is 0.765. The number of hydrogen-bond donors (Lipinski definition) is 0. The fraction of sp³-hybridized carbons (Fsp3) is 0.333. The van der Waals surface area contributed by atoms with Crippen LogP contribution in [0.2, 0.25) is 5.02 Å². The Morgan fingerprint density at radius 3 is 2.94 bits per heavy atom. The molecule has 1 aromatic carbocycles. The van der Waals surface area contributed by atoms with Crippen molar-refractivity contribution in [3.63, 3.8) is 0 Å². The van der Waals surface area contributed by atoms with Crippen molar-refractivity contribution in [3.05, 3.63) is 29.0 Å². The molecule has 0 fully saturated rings. The number of halogens is 1. The third kappa shape index (κ3) is 1.71. The third-order valence-corrected chi connectivity index (χ3v) is 3.05. The molecule has 4 heteroatoms. The largest absolute Gasteiger partial charge is 0.319 e. The molecule has 1 atom stereocenters. The zero-order valence-electron chi connectivity index (χ0n) is 9.27. The van der Waals surface area contributed by atoms with E-state index in [0.29, 0.717) is 10.8 Å². The molecule has 2 rings (SSSR count). The Kier molecular flexibility index (Phi) is 2.97. The molecule has 0 saturated heterocycles.